The van der Waals surface area contributed by atoms with Crippen molar-refractivity contribution in [3.63, 3.8) is 0 Å². The molecular weight excluding hydrogens is 427 g/mol. The second-order valence-corrected chi connectivity index (χ2v) is 7.10. The molecule has 2 amide bonds. The summed E-state index contributed by atoms with van der Waals surface area (Å²) in [5.74, 6) is -0.0839. The number of hydrogen-bond donors (Lipinski definition) is 1. The average Bonchev–Trinajstić information content (AvgIpc) is 3.09. The molecule has 0 spiro atoms. The Morgan fingerprint density at radius 3 is 2.15 bits per heavy atom. The van der Waals surface area contributed by atoms with Gasteiger partial charge in [0.1, 0.15) is 28.8 Å². The van der Waals surface area contributed by atoms with Gasteiger partial charge in [-0.3, -0.25) is 9.59 Å². The molecule has 0 bridgehead atoms. The van der Waals surface area contributed by atoms with Crippen LogP contribution in [0.2, 0.25) is 0 Å². The van der Waals surface area contributed by atoms with Crippen LogP contribution in [0.1, 0.15) is 5.56 Å². The van der Waals surface area contributed by atoms with Crippen molar-refractivity contribution < 1.29 is 28.2 Å². The molecule has 0 aromatic heterocycles. The number of nitrogens with zero attached hydrogens (tertiary/aromatic N) is 1. The minimum Gasteiger partial charge on any atom is -0.497 e. The average molecular weight is 448 g/mol. The van der Waals surface area contributed by atoms with Crippen LogP contribution in [0.3, 0.4) is 0 Å². The Hall–Kier alpha value is -4.33. The Morgan fingerprint density at radius 2 is 1.48 bits per heavy atom. The number of anilines is 2. The van der Waals surface area contributed by atoms with E-state index < -0.39 is 17.6 Å². The van der Waals surface area contributed by atoms with Gasteiger partial charge in [0.15, 0.2) is 0 Å². The zero-order chi connectivity index (χ0) is 23.5. The van der Waals surface area contributed by atoms with Gasteiger partial charge >= 0.3 is 0 Å². The molecule has 1 aliphatic rings. The molecular formula is C25H21FN2O5. The largest absolute Gasteiger partial charge is 0.497 e. The SMILES string of the molecule is COc1cccc(N2C(=O)C(Nc3ccc(OC)cc3OC)=C(c3ccc(F)cc3)C2=O)c1. The number of ether oxygens (including phenoxy) is 3. The molecule has 0 unspecified atom stereocenters. The summed E-state index contributed by atoms with van der Waals surface area (Å²) < 4.78 is 29.4. The van der Waals surface area contributed by atoms with Crippen LogP contribution in [-0.4, -0.2) is 33.1 Å². The fraction of sp³-hybridized carbons (Fsp3) is 0.120. The van der Waals surface area contributed by atoms with Crippen molar-refractivity contribution in [2.75, 3.05) is 31.5 Å². The van der Waals surface area contributed by atoms with Gasteiger partial charge in [-0.05, 0) is 42.0 Å². The molecule has 0 saturated heterocycles. The number of imide groups is 1. The van der Waals surface area contributed by atoms with Gasteiger partial charge in [-0.15, -0.1) is 0 Å². The van der Waals surface area contributed by atoms with E-state index >= 15 is 0 Å². The normalized spacial score (nSPS) is 13.4. The van der Waals surface area contributed by atoms with Crippen LogP contribution in [0.25, 0.3) is 5.57 Å². The first kappa shape index (κ1) is 21.9. The van der Waals surface area contributed by atoms with E-state index in [1.807, 2.05) is 0 Å². The van der Waals surface area contributed by atoms with Crippen molar-refractivity contribution in [3.8, 4) is 17.2 Å². The number of nitrogens with one attached hydrogen (secondary N) is 1. The van der Waals surface area contributed by atoms with E-state index in [9.17, 15) is 14.0 Å². The first-order valence-corrected chi connectivity index (χ1v) is 9.99. The highest BCUT2D eigenvalue weighted by atomic mass is 19.1. The maximum Gasteiger partial charge on any atom is 0.282 e. The predicted molar refractivity (Wildman–Crippen MR) is 122 cm³/mol. The lowest BCUT2D eigenvalue weighted by Crippen LogP contribution is -2.32. The highest BCUT2D eigenvalue weighted by Crippen LogP contribution is 2.37. The summed E-state index contributed by atoms with van der Waals surface area (Å²) >= 11 is 0. The van der Waals surface area contributed by atoms with Gasteiger partial charge in [0.2, 0.25) is 0 Å². The summed E-state index contributed by atoms with van der Waals surface area (Å²) in [5.41, 5.74) is 1.36. The molecule has 0 aliphatic carbocycles. The third kappa shape index (κ3) is 4.10. The van der Waals surface area contributed by atoms with E-state index in [0.29, 0.717) is 34.2 Å². The van der Waals surface area contributed by atoms with Crippen molar-refractivity contribution >= 4 is 28.8 Å². The van der Waals surface area contributed by atoms with Crippen molar-refractivity contribution in [1.29, 1.82) is 0 Å². The van der Waals surface area contributed by atoms with Gasteiger partial charge in [0.05, 0.1) is 38.3 Å². The maximum atomic E-state index is 13.6. The van der Waals surface area contributed by atoms with Gasteiger partial charge in [-0.2, -0.15) is 0 Å². The van der Waals surface area contributed by atoms with E-state index in [-0.39, 0.29) is 11.3 Å². The van der Waals surface area contributed by atoms with Crippen LogP contribution < -0.4 is 24.4 Å². The Balaban J connectivity index is 1.83. The van der Waals surface area contributed by atoms with Crippen LogP contribution >= 0.6 is 0 Å². The van der Waals surface area contributed by atoms with E-state index in [2.05, 4.69) is 5.32 Å². The number of carbonyl (C=O) groups excluding carboxylic acids is 2. The third-order valence-electron chi connectivity index (χ3n) is 5.20. The Labute approximate surface area is 190 Å². The molecule has 0 atom stereocenters. The van der Waals surface area contributed by atoms with E-state index in [4.69, 9.17) is 14.2 Å². The topological polar surface area (TPSA) is 77.1 Å². The van der Waals surface area contributed by atoms with E-state index in [0.717, 1.165) is 4.90 Å². The van der Waals surface area contributed by atoms with Crippen LogP contribution in [0, 0.1) is 5.82 Å². The van der Waals surface area contributed by atoms with Crippen LogP contribution in [-0.2, 0) is 9.59 Å². The van der Waals surface area contributed by atoms with E-state index in [1.54, 1.807) is 42.5 Å². The Morgan fingerprint density at radius 1 is 0.788 bits per heavy atom. The molecule has 1 N–H and O–H groups in total. The number of hydrogen-bond acceptors (Lipinski definition) is 6. The lowest BCUT2D eigenvalue weighted by molar-refractivity contribution is -0.120. The second-order valence-electron chi connectivity index (χ2n) is 7.10. The molecule has 8 heteroatoms. The molecule has 1 heterocycles. The number of methoxy groups -OCH3 is 3. The highest BCUT2D eigenvalue weighted by molar-refractivity contribution is 6.46. The van der Waals surface area contributed by atoms with Crippen LogP contribution in [0.15, 0.2) is 72.4 Å². The zero-order valence-corrected chi connectivity index (χ0v) is 18.2. The molecule has 168 valence electrons. The van der Waals surface area contributed by atoms with Crippen LogP contribution in [0.5, 0.6) is 17.2 Å². The minimum atomic E-state index is -0.564. The fourth-order valence-corrected chi connectivity index (χ4v) is 3.55. The molecule has 3 aromatic carbocycles. The number of amides is 2. The summed E-state index contributed by atoms with van der Waals surface area (Å²) in [6.45, 7) is 0. The maximum absolute atomic E-state index is 13.6. The summed E-state index contributed by atoms with van der Waals surface area (Å²) in [6.07, 6.45) is 0. The first-order valence-electron chi connectivity index (χ1n) is 9.99. The predicted octanol–water partition coefficient (Wildman–Crippen LogP) is 4.25. The molecule has 4 rings (SSSR count). The molecule has 1 aliphatic heterocycles. The minimum absolute atomic E-state index is 0.0397. The lowest BCUT2D eigenvalue weighted by Gasteiger charge is -2.17. The van der Waals surface area contributed by atoms with Crippen molar-refractivity contribution in [3.05, 3.63) is 83.8 Å². The molecule has 0 fully saturated rings. The van der Waals surface area contributed by atoms with E-state index in [1.165, 1.54) is 45.6 Å². The Bertz CT molecular complexity index is 1250. The van der Waals surface area contributed by atoms with Crippen molar-refractivity contribution in [2.24, 2.45) is 0 Å². The van der Waals surface area contributed by atoms with Gasteiger partial charge in [0.25, 0.3) is 11.8 Å². The summed E-state index contributed by atoms with van der Waals surface area (Å²) in [5, 5.41) is 3.05. The molecule has 0 saturated carbocycles. The standard InChI is InChI=1S/C25H21FN2O5/c1-31-18-6-4-5-17(13-18)28-24(29)22(15-7-9-16(26)10-8-15)23(25(28)30)27-20-12-11-19(32-2)14-21(20)33-3/h4-14,27H,1-3H3. The number of benzene rings is 3. The monoisotopic (exact) mass is 448 g/mol. The first-order chi connectivity index (χ1) is 16.0. The summed E-state index contributed by atoms with van der Waals surface area (Å²) in [4.78, 5) is 28.0. The Kier molecular flexibility index (Phi) is 5.99. The molecule has 7 nitrogen and oxygen atoms in total. The molecule has 33 heavy (non-hydrogen) atoms. The third-order valence-corrected chi connectivity index (χ3v) is 5.20. The van der Waals surface area contributed by atoms with Crippen LogP contribution in [0.4, 0.5) is 15.8 Å². The molecule has 3 aromatic rings. The second kappa shape index (κ2) is 9.04. The van der Waals surface area contributed by atoms with Gasteiger partial charge in [0, 0.05) is 12.1 Å². The van der Waals surface area contributed by atoms with Crippen molar-refractivity contribution in [1.82, 2.24) is 0 Å². The van der Waals surface area contributed by atoms with Gasteiger partial charge < -0.3 is 19.5 Å². The zero-order valence-electron chi connectivity index (χ0n) is 18.2. The summed E-state index contributed by atoms with van der Waals surface area (Å²) in [6, 6.07) is 17.0. The fourth-order valence-electron chi connectivity index (χ4n) is 3.55. The smallest absolute Gasteiger partial charge is 0.282 e. The highest BCUT2D eigenvalue weighted by Gasteiger charge is 2.40. The number of carbonyl (C=O) groups is 2. The van der Waals surface area contributed by atoms with Gasteiger partial charge in [-0.25, -0.2) is 9.29 Å². The number of halogens is 1. The quantitative estimate of drug-likeness (QED) is 0.545. The summed E-state index contributed by atoms with van der Waals surface area (Å²) in [7, 11) is 4.51. The van der Waals surface area contributed by atoms with Crippen molar-refractivity contribution in [2.45, 2.75) is 0 Å². The van der Waals surface area contributed by atoms with Gasteiger partial charge in [-0.1, -0.05) is 18.2 Å². The lowest BCUT2D eigenvalue weighted by atomic mass is 10.0. The number of rotatable bonds is 7. The molecule has 0 radical (unpaired) electrons.